The molecule has 1 aliphatic carbocycles. The fourth-order valence-corrected chi connectivity index (χ4v) is 4.54. The van der Waals surface area contributed by atoms with Gasteiger partial charge in [-0.15, -0.1) is 0 Å². The number of carbonyl (C=O) groups excluding carboxylic acids is 1. The molecule has 0 fully saturated rings. The van der Waals surface area contributed by atoms with Gasteiger partial charge in [-0.2, -0.15) is 0 Å². The van der Waals surface area contributed by atoms with Crippen LogP contribution in [0.1, 0.15) is 51.8 Å². The molecule has 1 aliphatic rings. The van der Waals surface area contributed by atoms with E-state index in [1.54, 1.807) is 0 Å². The summed E-state index contributed by atoms with van der Waals surface area (Å²) in [7, 11) is 0. The predicted octanol–water partition coefficient (Wildman–Crippen LogP) is 5.15. The van der Waals surface area contributed by atoms with E-state index in [9.17, 15) is 4.79 Å². The SMILES string of the molecule is CC(=O)NNC(COCc1cc(C)cc(C)c1)C1c2ccccc2C=Cc2ccccc21. The Balaban J connectivity index is 1.64. The summed E-state index contributed by atoms with van der Waals surface area (Å²) >= 11 is 0. The van der Waals surface area contributed by atoms with Gasteiger partial charge in [-0.05, 0) is 41.7 Å². The highest BCUT2D eigenvalue weighted by atomic mass is 16.5. The summed E-state index contributed by atoms with van der Waals surface area (Å²) in [5.74, 6) is -0.110. The molecule has 3 aromatic rings. The molecule has 1 amide bonds. The molecule has 4 heteroatoms. The summed E-state index contributed by atoms with van der Waals surface area (Å²) in [6, 6.07) is 23.2. The summed E-state index contributed by atoms with van der Waals surface area (Å²) < 4.78 is 6.21. The van der Waals surface area contributed by atoms with Crippen LogP contribution in [0.4, 0.5) is 0 Å². The van der Waals surface area contributed by atoms with Crippen molar-refractivity contribution >= 4 is 18.1 Å². The first-order valence-corrected chi connectivity index (χ1v) is 11.0. The number of aryl methyl sites for hydroxylation is 2. The highest BCUT2D eigenvalue weighted by molar-refractivity contribution is 5.77. The lowest BCUT2D eigenvalue weighted by atomic mass is 9.82. The first-order valence-electron chi connectivity index (χ1n) is 11.0. The molecule has 0 bridgehead atoms. The van der Waals surface area contributed by atoms with Gasteiger partial charge in [0, 0.05) is 12.8 Å². The maximum Gasteiger partial charge on any atom is 0.230 e. The highest BCUT2D eigenvalue weighted by Gasteiger charge is 2.29. The van der Waals surface area contributed by atoms with Crippen LogP contribution in [0.5, 0.6) is 0 Å². The van der Waals surface area contributed by atoms with Crippen molar-refractivity contribution in [2.75, 3.05) is 6.61 Å². The van der Waals surface area contributed by atoms with Gasteiger partial charge in [0.05, 0.1) is 19.3 Å². The van der Waals surface area contributed by atoms with Crippen LogP contribution in [0.2, 0.25) is 0 Å². The third-order valence-corrected chi connectivity index (χ3v) is 5.79. The molecular formula is C28H30N2O2. The average molecular weight is 427 g/mol. The van der Waals surface area contributed by atoms with Crippen molar-refractivity contribution in [3.05, 3.63) is 106 Å². The summed E-state index contributed by atoms with van der Waals surface area (Å²) in [5, 5.41) is 0. The summed E-state index contributed by atoms with van der Waals surface area (Å²) in [6.45, 7) is 6.68. The minimum atomic E-state index is -0.146. The molecule has 32 heavy (non-hydrogen) atoms. The second-order valence-electron chi connectivity index (χ2n) is 8.51. The molecule has 1 unspecified atom stereocenters. The van der Waals surface area contributed by atoms with Crippen molar-refractivity contribution in [2.45, 2.75) is 39.3 Å². The Bertz CT molecular complexity index is 1070. The van der Waals surface area contributed by atoms with Gasteiger partial charge in [0.2, 0.25) is 5.91 Å². The molecule has 0 aliphatic heterocycles. The molecule has 1 atom stereocenters. The van der Waals surface area contributed by atoms with Crippen molar-refractivity contribution in [1.29, 1.82) is 0 Å². The maximum absolute atomic E-state index is 11.7. The zero-order valence-corrected chi connectivity index (χ0v) is 18.9. The molecule has 4 nitrogen and oxygen atoms in total. The van der Waals surface area contributed by atoms with E-state index in [1.165, 1.54) is 40.3 Å². The lowest BCUT2D eigenvalue weighted by Crippen LogP contribution is -2.49. The minimum absolute atomic E-state index is 0.0171. The predicted molar refractivity (Wildman–Crippen MR) is 130 cm³/mol. The maximum atomic E-state index is 11.7. The Labute approximate surface area is 190 Å². The van der Waals surface area contributed by atoms with Crippen molar-refractivity contribution in [2.24, 2.45) is 0 Å². The van der Waals surface area contributed by atoms with Gasteiger partial charge in [0.25, 0.3) is 0 Å². The van der Waals surface area contributed by atoms with Crippen LogP contribution in [0.25, 0.3) is 12.2 Å². The molecule has 3 aromatic carbocycles. The number of ether oxygens (including phenoxy) is 1. The van der Waals surface area contributed by atoms with Crippen molar-refractivity contribution < 1.29 is 9.53 Å². The second kappa shape index (κ2) is 9.94. The third-order valence-electron chi connectivity index (χ3n) is 5.79. The second-order valence-corrected chi connectivity index (χ2v) is 8.51. The Morgan fingerprint density at radius 2 is 1.47 bits per heavy atom. The third kappa shape index (κ3) is 5.16. The number of nitrogens with one attached hydrogen (secondary N) is 2. The zero-order valence-electron chi connectivity index (χ0n) is 18.9. The van der Waals surface area contributed by atoms with Gasteiger partial charge >= 0.3 is 0 Å². The highest BCUT2D eigenvalue weighted by Crippen LogP contribution is 2.36. The number of hydrogen-bond donors (Lipinski definition) is 2. The summed E-state index contributed by atoms with van der Waals surface area (Å²) in [5.41, 5.74) is 14.5. The molecule has 0 radical (unpaired) electrons. The van der Waals surface area contributed by atoms with E-state index >= 15 is 0 Å². The van der Waals surface area contributed by atoms with E-state index in [2.05, 4.69) is 104 Å². The van der Waals surface area contributed by atoms with Crippen LogP contribution in [-0.2, 0) is 16.1 Å². The lowest BCUT2D eigenvalue weighted by molar-refractivity contribution is -0.120. The molecule has 0 saturated carbocycles. The van der Waals surface area contributed by atoms with Crippen LogP contribution >= 0.6 is 0 Å². The quantitative estimate of drug-likeness (QED) is 0.514. The van der Waals surface area contributed by atoms with Crippen LogP contribution in [0, 0.1) is 13.8 Å². The molecule has 0 aromatic heterocycles. The number of carbonyl (C=O) groups is 1. The van der Waals surface area contributed by atoms with Crippen LogP contribution in [0.15, 0.2) is 66.7 Å². The monoisotopic (exact) mass is 426 g/mol. The molecular weight excluding hydrogens is 396 g/mol. The van der Waals surface area contributed by atoms with E-state index in [4.69, 9.17) is 4.74 Å². The van der Waals surface area contributed by atoms with Crippen molar-refractivity contribution in [3.8, 4) is 0 Å². The number of fused-ring (bicyclic) bond motifs is 2. The molecule has 2 N–H and O–H groups in total. The molecule has 0 spiro atoms. The van der Waals surface area contributed by atoms with Crippen LogP contribution < -0.4 is 10.9 Å². The summed E-state index contributed by atoms with van der Waals surface area (Å²) in [6.07, 6.45) is 4.33. The number of amides is 1. The van der Waals surface area contributed by atoms with Gasteiger partial charge in [0.1, 0.15) is 0 Å². The number of hydrogen-bond acceptors (Lipinski definition) is 3. The van der Waals surface area contributed by atoms with Gasteiger partial charge < -0.3 is 4.74 Å². The fraction of sp³-hybridized carbons (Fsp3) is 0.250. The van der Waals surface area contributed by atoms with Crippen LogP contribution in [-0.4, -0.2) is 18.6 Å². The Morgan fingerprint density at radius 3 is 2.03 bits per heavy atom. The normalized spacial score (nSPS) is 13.7. The zero-order chi connectivity index (χ0) is 22.5. The van der Waals surface area contributed by atoms with Gasteiger partial charge in [-0.25, -0.2) is 5.43 Å². The smallest absolute Gasteiger partial charge is 0.230 e. The average Bonchev–Trinajstić information content (AvgIpc) is 2.92. The first-order chi connectivity index (χ1) is 15.5. The van der Waals surface area contributed by atoms with Gasteiger partial charge in [-0.1, -0.05) is 90.0 Å². The fourth-order valence-electron chi connectivity index (χ4n) is 4.54. The lowest BCUT2D eigenvalue weighted by Gasteiger charge is -2.30. The van der Waals surface area contributed by atoms with Crippen molar-refractivity contribution in [1.82, 2.24) is 10.9 Å². The van der Waals surface area contributed by atoms with Gasteiger partial charge in [0.15, 0.2) is 0 Å². The number of rotatable bonds is 7. The first kappa shape index (κ1) is 22.0. The number of benzene rings is 3. The van der Waals surface area contributed by atoms with E-state index in [0.29, 0.717) is 13.2 Å². The molecule has 4 rings (SSSR count). The molecule has 0 saturated heterocycles. The Kier molecular flexibility index (Phi) is 6.84. The van der Waals surface area contributed by atoms with E-state index in [-0.39, 0.29) is 17.9 Å². The largest absolute Gasteiger partial charge is 0.375 e. The molecule has 0 heterocycles. The summed E-state index contributed by atoms with van der Waals surface area (Å²) in [4.78, 5) is 11.7. The standard InChI is InChI=1S/C28H30N2O2/c1-19-14-20(2)16-22(15-19)17-32-18-27(30-29-21(3)31)28-25-10-6-4-8-23(25)12-13-24-9-5-7-11-26(24)28/h4-16,27-28,30H,17-18H2,1-3H3,(H,29,31). The van der Waals surface area contributed by atoms with Crippen molar-refractivity contribution in [3.63, 3.8) is 0 Å². The number of hydrazine groups is 1. The van der Waals surface area contributed by atoms with E-state index in [1.807, 2.05) is 0 Å². The van der Waals surface area contributed by atoms with Crippen LogP contribution in [0.3, 0.4) is 0 Å². The van der Waals surface area contributed by atoms with E-state index in [0.717, 1.165) is 5.56 Å². The molecule has 164 valence electrons. The van der Waals surface area contributed by atoms with Gasteiger partial charge in [-0.3, -0.25) is 10.2 Å². The Morgan fingerprint density at radius 1 is 0.906 bits per heavy atom. The topological polar surface area (TPSA) is 50.4 Å². The Hall–Kier alpha value is -3.21. The van der Waals surface area contributed by atoms with E-state index < -0.39 is 0 Å². The minimum Gasteiger partial charge on any atom is -0.375 e.